The van der Waals surface area contributed by atoms with Gasteiger partial charge in [0.15, 0.2) is 0 Å². The molecule has 0 saturated heterocycles. The first-order valence-electron chi connectivity index (χ1n) is 8.77. The van der Waals surface area contributed by atoms with E-state index >= 15 is 0 Å². The summed E-state index contributed by atoms with van der Waals surface area (Å²) in [6.07, 6.45) is 0. The van der Waals surface area contributed by atoms with Crippen molar-refractivity contribution in [2.75, 3.05) is 30.3 Å². The highest BCUT2D eigenvalue weighted by Crippen LogP contribution is 2.18. The standard InChI is InChI=1S/C21H25N3O3/c1-4-22-21(26)16-8-10-17(11-9-16)23-13-20(25)24-18-6-5-7-19(12-18)27-14-15(2)3/h5-12,23H,2,4,13-14H2,1,3H3,(H,22,26)(H,24,25). The molecule has 2 rings (SSSR count). The van der Waals surface area contributed by atoms with Crippen LogP contribution in [0.2, 0.25) is 0 Å². The van der Waals surface area contributed by atoms with Gasteiger partial charge in [-0.05, 0) is 55.8 Å². The lowest BCUT2D eigenvalue weighted by Gasteiger charge is -2.10. The Bertz CT molecular complexity index is 801. The first kappa shape index (κ1) is 20.0. The number of carbonyl (C=O) groups excluding carboxylic acids is 2. The van der Waals surface area contributed by atoms with E-state index in [4.69, 9.17) is 4.74 Å². The second kappa shape index (κ2) is 10.0. The van der Waals surface area contributed by atoms with Crippen molar-refractivity contribution in [3.63, 3.8) is 0 Å². The molecule has 0 radical (unpaired) electrons. The van der Waals surface area contributed by atoms with Crippen molar-refractivity contribution in [3.8, 4) is 5.75 Å². The number of nitrogens with one attached hydrogen (secondary N) is 3. The highest BCUT2D eigenvalue weighted by molar-refractivity contribution is 5.95. The van der Waals surface area contributed by atoms with Crippen LogP contribution in [-0.4, -0.2) is 31.5 Å². The minimum Gasteiger partial charge on any atom is -0.489 e. The Kier molecular flexibility index (Phi) is 7.43. The summed E-state index contributed by atoms with van der Waals surface area (Å²) in [6, 6.07) is 14.2. The molecule has 0 aliphatic heterocycles. The molecule has 0 heterocycles. The number of amides is 2. The fourth-order valence-corrected chi connectivity index (χ4v) is 2.26. The van der Waals surface area contributed by atoms with E-state index in [9.17, 15) is 9.59 Å². The molecule has 2 aromatic rings. The summed E-state index contributed by atoms with van der Waals surface area (Å²) >= 11 is 0. The fraction of sp³-hybridized carbons (Fsp3) is 0.238. The lowest BCUT2D eigenvalue weighted by atomic mass is 10.2. The van der Waals surface area contributed by atoms with Gasteiger partial charge in [0.05, 0.1) is 6.54 Å². The van der Waals surface area contributed by atoms with E-state index < -0.39 is 0 Å². The second-order valence-electron chi connectivity index (χ2n) is 6.11. The first-order chi connectivity index (χ1) is 13.0. The molecule has 2 aromatic carbocycles. The maximum absolute atomic E-state index is 12.1. The minimum absolute atomic E-state index is 0.108. The number of anilines is 2. The Balaban J connectivity index is 1.84. The van der Waals surface area contributed by atoms with Crippen molar-refractivity contribution in [1.82, 2.24) is 5.32 Å². The van der Waals surface area contributed by atoms with Crippen LogP contribution in [-0.2, 0) is 4.79 Å². The monoisotopic (exact) mass is 367 g/mol. The summed E-state index contributed by atoms with van der Waals surface area (Å²) in [6.45, 7) is 8.68. The van der Waals surface area contributed by atoms with Crippen molar-refractivity contribution < 1.29 is 14.3 Å². The van der Waals surface area contributed by atoms with Crippen LogP contribution in [0.1, 0.15) is 24.2 Å². The Labute approximate surface area is 159 Å². The zero-order chi connectivity index (χ0) is 19.6. The highest BCUT2D eigenvalue weighted by atomic mass is 16.5. The molecule has 6 nitrogen and oxygen atoms in total. The van der Waals surface area contributed by atoms with Gasteiger partial charge in [-0.3, -0.25) is 9.59 Å². The quantitative estimate of drug-likeness (QED) is 0.593. The number of hydrogen-bond acceptors (Lipinski definition) is 4. The Hall–Kier alpha value is -3.28. The van der Waals surface area contributed by atoms with Gasteiger partial charge >= 0.3 is 0 Å². The van der Waals surface area contributed by atoms with Crippen LogP contribution in [0, 0.1) is 0 Å². The van der Waals surface area contributed by atoms with Gasteiger partial charge in [-0.1, -0.05) is 12.6 Å². The lowest BCUT2D eigenvalue weighted by Crippen LogP contribution is -2.23. The van der Waals surface area contributed by atoms with Gasteiger partial charge in [0.25, 0.3) is 5.91 Å². The lowest BCUT2D eigenvalue weighted by molar-refractivity contribution is -0.114. The third-order valence-corrected chi connectivity index (χ3v) is 3.54. The van der Waals surface area contributed by atoms with Crippen LogP contribution < -0.4 is 20.7 Å². The minimum atomic E-state index is -0.181. The fourth-order valence-electron chi connectivity index (χ4n) is 2.26. The summed E-state index contributed by atoms with van der Waals surface area (Å²) < 4.78 is 5.57. The SMILES string of the molecule is C=C(C)COc1cccc(NC(=O)CNc2ccc(C(=O)NCC)cc2)c1. The van der Waals surface area contributed by atoms with Gasteiger partial charge in [-0.25, -0.2) is 0 Å². The van der Waals surface area contributed by atoms with E-state index in [0.29, 0.717) is 30.2 Å². The van der Waals surface area contributed by atoms with Gasteiger partial charge in [0, 0.05) is 29.5 Å². The van der Waals surface area contributed by atoms with Crippen molar-refractivity contribution in [3.05, 3.63) is 66.2 Å². The molecule has 0 spiro atoms. The number of hydrogen-bond donors (Lipinski definition) is 3. The van der Waals surface area contributed by atoms with Crippen molar-refractivity contribution in [1.29, 1.82) is 0 Å². The van der Waals surface area contributed by atoms with Crippen LogP contribution in [0.3, 0.4) is 0 Å². The maximum Gasteiger partial charge on any atom is 0.251 e. The number of benzene rings is 2. The summed E-state index contributed by atoms with van der Waals surface area (Å²) in [5.74, 6) is 0.375. The van der Waals surface area contributed by atoms with Crippen LogP contribution in [0.4, 0.5) is 11.4 Å². The van der Waals surface area contributed by atoms with Gasteiger partial charge in [-0.2, -0.15) is 0 Å². The smallest absolute Gasteiger partial charge is 0.251 e. The predicted molar refractivity (Wildman–Crippen MR) is 108 cm³/mol. The first-order valence-corrected chi connectivity index (χ1v) is 8.77. The zero-order valence-corrected chi connectivity index (χ0v) is 15.7. The van der Waals surface area contributed by atoms with Crippen molar-refractivity contribution >= 4 is 23.2 Å². The summed E-state index contributed by atoms with van der Waals surface area (Å²) in [5, 5.41) is 8.59. The molecule has 0 fully saturated rings. The third kappa shape index (κ3) is 6.86. The molecule has 2 amide bonds. The average molecular weight is 367 g/mol. The summed E-state index contributed by atoms with van der Waals surface area (Å²) in [7, 11) is 0. The normalized spacial score (nSPS) is 10.0. The molecule has 0 aliphatic carbocycles. The second-order valence-corrected chi connectivity index (χ2v) is 6.11. The van der Waals surface area contributed by atoms with E-state index in [1.54, 1.807) is 36.4 Å². The molecule has 0 saturated carbocycles. The topological polar surface area (TPSA) is 79.5 Å². The van der Waals surface area contributed by atoms with Gasteiger partial charge in [-0.15, -0.1) is 0 Å². The molecule has 0 bridgehead atoms. The predicted octanol–water partition coefficient (Wildman–Crippen LogP) is 3.44. The molecule has 0 unspecified atom stereocenters. The van der Waals surface area contributed by atoms with Crippen molar-refractivity contribution in [2.45, 2.75) is 13.8 Å². The Morgan fingerprint density at radius 1 is 1.07 bits per heavy atom. The summed E-state index contributed by atoms with van der Waals surface area (Å²) in [5.41, 5.74) is 2.93. The van der Waals surface area contributed by atoms with E-state index in [1.165, 1.54) is 0 Å². The molecular formula is C21H25N3O3. The van der Waals surface area contributed by atoms with E-state index in [1.807, 2.05) is 26.0 Å². The summed E-state index contributed by atoms with van der Waals surface area (Å²) in [4.78, 5) is 23.9. The Morgan fingerprint density at radius 2 is 1.81 bits per heavy atom. The Morgan fingerprint density at radius 3 is 2.48 bits per heavy atom. The molecule has 27 heavy (non-hydrogen) atoms. The van der Waals surface area contributed by atoms with Gasteiger partial charge in [0.2, 0.25) is 5.91 Å². The van der Waals surface area contributed by atoms with Crippen LogP contribution in [0.25, 0.3) is 0 Å². The van der Waals surface area contributed by atoms with Crippen LogP contribution >= 0.6 is 0 Å². The van der Waals surface area contributed by atoms with E-state index in [2.05, 4.69) is 22.5 Å². The van der Waals surface area contributed by atoms with Gasteiger partial charge < -0.3 is 20.7 Å². The molecular weight excluding hydrogens is 342 g/mol. The van der Waals surface area contributed by atoms with Crippen LogP contribution in [0.5, 0.6) is 5.75 Å². The molecule has 3 N–H and O–H groups in total. The zero-order valence-electron chi connectivity index (χ0n) is 15.7. The van der Waals surface area contributed by atoms with Crippen LogP contribution in [0.15, 0.2) is 60.7 Å². The van der Waals surface area contributed by atoms with E-state index in [-0.39, 0.29) is 18.4 Å². The van der Waals surface area contributed by atoms with Gasteiger partial charge in [0.1, 0.15) is 12.4 Å². The third-order valence-electron chi connectivity index (χ3n) is 3.54. The molecule has 6 heteroatoms. The molecule has 142 valence electrons. The largest absolute Gasteiger partial charge is 0.489 e. The number of rotatable bonds is 9. The van der Waals surface area contributed by atoms with Crippen molar-refractivity contribution in [2.24, 2.45) is 0 Å². The molecule has 0 atom stereocenters. The average Bonchev–Trinajstić information content (AvgIpc) is 2.65. The molecule has 0 aliphatic rings. The maximum atomic E-state index is 12.1. The highest BCUT2D eigenvalue weighted by Gasteiger charge is 2.06. The molecule has 0 aromatic heterocycles. The van der Waals surface area contributed by atoms with E-state index in [0.717, 1.165) is 11.3 Å². The number of ether oxygens (including phenoxy) is 1. The number of carbonyl (C=O) groups is 2.